The van der Waals surface area contributed by atoms with E-state index in [4.69, 9.17) is 9.47 Å². The minimum absolute atomic E-state index is 0.138. The maximum Gasteiger partial charge on any atom is 0.252 e. The average Bonchev–Trinajstić information content (AvgIpc) is 3.05. The largest absolute Gasteiger partial charge is 0.474 e. The van der Waals surface area contributed by atoms with E-state index in [1.165, 1.54) is 0 Å². The van der Waals surface area contributed by atoms with Crippen LogP contribution in [0.2, 0.25) is 0 Å². The van der Waals surface area contributed by atoms with E-state index in [-0.39, 0.29) is 12.0 Å². The van der Waals surface area contributed by atoms with Crippen LogP contribution < -0.4 is 10.1 Å². The first-order chi connectivity index (χ1) is 12.2. The quantitative estimate of drug-likeness (QED) is 0.585. The number of nitrogens with one attached hydrogen (secondary N) is 1. The van der Waals surface area contributed by atoms with Gasteiger partial charge in [0.25, 0.3) is 5.91 Å². The van der Waals surface area contributed by atoms with Crippen LogP contribution in [0.3, 0.4) is 0 Å². The number of hydrogen-bond acceptors (Lipinski definition) is 7. The van der Waals surface area contributed by atoms with E-state index in [1.54, 1.807) is 36.4 Å². The Balaban J connectivity index is 1.41. The van der Waals surface area contributed by atoms with Crippen LogP contribution >= 0.6 is 11.8 Å². The highest BCUT2D eigenvalue weighted by atomic mass is 32.2. The zero-order chi connectivity index (χ0) is 17.5. The molecule has 0 spiro atoms. The van der Waals surface area contributed by atoms with Crippen molar-refractivity contribution in [2.45, 2.75) is 24.1 Å². The van der Waals surface area contributed by atoms with Crippen LogP contribution in [0.25, 0.3) is 0 Å². The molecule has 1 N–H and O–H groups in total. The zero-order valence-electron chi connectivity index (χ0n) is 14.1. The lowest BCUT2D eigenvalue weighted by Crippen LogP contribution is -2.27. The second-order valence-corrected chi connectivity index (χ2v) is 6.71. The second kappa shape index (κ2) is 8.82. The lowest BCUT2D eigenvalue weighted by Gasteiger charge is -2.22. The number of carbonyl (C=O) groups excluding carboxylic acids is 1. The SMILES string of the molecule is Cn1cnnc1SCCNC(=O)c1ccc(OC2CCOCC2)nc1. The molecule has 0 bridgehead atoms. The number of ether oxygens (including phenoxy) is 2. The van der Waals surface area contributed by atoms with Gasteiger partial charge in [-0.2, -0.15) is 0 Å². The molecule has 1 aliphatic heterocycles. The molecule has 0 aromatic carbocycles. The fourth-order valence-electron chi connectivity index (χ4n) is 2.36. The molecule has 9 heteroatoms. The van der Waals surface area contributed by atoms with Gasteiger partial charge >= 0.3 is 0 Å². The molecule has 2 aromatic rings. The third kappa shape index (κ3) is 5.17. The van der Waals surface area contributed by atoms with Crippen LogP contribution in [-0.4, -0.2) is 57.3 Å². The molecule has 1 aliphatic rings. The molecule has 25 heavy (non-hydrogen) atoms. The van der Waals surface area contributed by atoms with E-state index in [0.717, 1.165) is 37.0 Å². The minimum atomic E-state index is -0.149. The van der Waals surface area contributed by atoms with Gasteiger partial charge in [0.05, 0.1) is 18.8 Å². The first-order valence-electron chi connectivity index (χ1n) is 8.18. The predicted octanol–water partition coefficient (Wildman–Crippen LogP) is 1.29. The highest BCUT2D eigenvalue weighted by Crippen LogP contribution is 2.16. The molecular formula is C16H21N5O3S. The topological polar surface area (TPSA) is 91.2 Å². The Labute approximate surface area is 150 Å². The van der Waals surface area contributed by atoms with E-state index in [9.17, 15) is 4.79 Å². The summed E-state index contributed by atoms with van der Waals surface area (Å²) in [5.74, 6) is 1.11. The smallest absolute Gasteiger partial charge is 0.252 e. The number of aromatic nitrogens is 4. The van der Waals surface area contributed by atoms with Crippen molar-refractivity contribution >= 4 is 17.7 Å². The number of pyridine rings is 1. The maximum atomic E-state index is 12.1. The summed E-state index contributed by atoms with van der Waals surface area (Å²) in [7, 11) is 1.89. The highest BCUT2D eigenvalue weighted by molar-refractivity contribution is 7.99. The zero-order valence-corrected chi connectivity index (χ0v) is 14.9. The lowest BCUT2D eigenvalue weighted by molar-refractivity contribution is 0.0237. The summed E-state index contributed by atoms with van der Waals surface area (Å²) >= 11 is 1.54. The standard InChI is InChI=1S/C16H21N5O3S/c1-21-11-19-20-16(21)25-9-6-17-15(22)12-2-3-14(18-10-12)24-13-4-7-23-8-5-13/h2-3,10-11,13H,4-9H2,1H3,(H,17,22). The summed E-state index contributed by atoms with van der Waals surface area (Å²) in [6, 6.07) is 3.46. The molecule has 1 fully saturated rings. The molecule has 0 unspecified atom stereocenters. The molecule has 1 saturated heterocycles. The molecule has 2 aromatic heterocycles. The van der Waals surface area contributed by atoms with E-state index < -0.39 is 0 Å². The van der Waals surface area contributed by atoms with Crippen molar-refractivity contribution in [3.63, 3.8) is 0 Å². The molecular weight excluding hydrogens is 342 g/mol. The van der Waals surface area contributed by atoms with Crippen molar-refractivity contribution < 1.29 is 14.3 Å². The monoisotopic (exact) mass is 363 g/mol. The summed E-state index contributed by atoms with van der Waals surface area (Å²) < 4.78 is 12.9. The van der Waals surface area contributed by atoms with Crippen LogP contribution in [0, 0.1) is 0 Å². The van der Waals surface area contributed by atoms with Crippen LogP contribution in [0.5, 0.6) is 5.88 Å². The lowest BCUT2D eigenvalue weighted by atomic mass is 10.1. The predicted molar refractivity (Wildman–Crippen MR) is 92.8 cm³/mol. The van der Waals surface area contributed by atoms with E-state index in [0.29, 0.717) is 18.0 Å². The third-order valence-corrected chi connectivity index (χ3v) is 4.78. The summed E-state index contributed by atoms with van der Waals surface area (Å²) in [5.41, 5.74) is 0.517. The number of rotatable bonds is 7. The molecule has 134 valence electrons. The first-order valence-corrected chi connectivity index (χ1v) is 9.16. The molecule has 8 nitrogen and oxygen atoms in total. The molecule has 3 heterocycles. The number of nitrogens with zero attached hydrogens (tertiary/aromatic N) is 4. The number of hydrogen-bond donors (Lipinski definition) is 1. The third-order valence-electron chi connectivity index (χ3n) is 3.74. The molecule has 0 radical (unpaired) electrons. The fourth-order valence-corrected chi connectivity index (χ4v) is 3.10. The van der Waals surface area contributed by atoms with Crippen molar-refractivity contribution in [3.05, 3.63) is 30.2 Å². The van der Waals surface area contributed by atoms with Gasteiger partial charge in [-0.05, 0) is 6.07 Å². The number of carbonyl (C=O) groups is 1. The Morgan fingerprint density at radius 3 is 2.96 bits per heavy atom. The number of aryl methyl sites for hydroxylation is 1. The van der Waals surface area contributed by atoms with Crippen molar-refractivity contribution in [2.75, 3.05) is 25.5 Å². The molecule has 0 aliphatic carbocycles. The summed E-state index contributed by atoms with van der Waals surface area (Å²) in [5, 5.41) is 11.5. The minimum Gasteiger partial charge on any atom is -0.474 e. The van der Waals surface area contributed by atoms with E-state index >= 15 is 0 Å². The van der Waals surface area contributed by atoms with Crippen molar-refractivity contribution in [2.24, 2.45) is 7.05 Å². The second-order valence-electron chi connectivity index (χ2n) is 5.64. The van der Waals surface area contributed by atoms with Gasteiger partial charge in [-0.25, -0.2) is 4.98 Å². The van der Waals surface area contributed by atoms with Gasteiger partial charge in [0.1, 0.15) is 12.4 Å². The van der Waals surface area contributed by atoms with Gasteiger partial charge in [0.15, 0.2) is 5.16 Å². The van der Waals surface area contributed by atoms with Gasteiger partial charge in [-0.15, -0.1) is 10.2 Å². The normalized spacial score (nSPS) is 15.1. The van der Waals surface area contributed by atoms with E-state index in [2.05, 4.69) is 20.5 Å². The van der Waals surface area contributed by atoms with Crippen molar-refractivity contribution in [3.8, 4) is 5.88 Å². The Bertz CT molecular complexity index is 685. The van der Waals surface area contributed by atoms with Gasteiger partial charge in [0, 0.05) is 44.5 Å². The van der Waals surface area contributed by atoms with E-state index in [1.807, 2.05) is 11.6 Å². The fraction of sp³-hybridized carbons (Fsp3) is 0.500. The molecule has 0 saturated carbocycles. The van der Waals surface area contributed by atoms with Gasteiger partial charge < -0.3 is 19.4 Å². The molecule has 1 amide bonds. The van der Waals surface area contributed by atoms with Crippen molar-refractivity contribution in [1.82, 2.24) is 25.1 Å². The highest BCUT2D eigenvalue weighted by Gasteiger charge is 2.16. The Morgan fingerprint density at radius 1 is 1.44 bits per heavy atom. The summed E-state index contributed by atoms with van der Waals surface area (Å²) in [6.45, 7) is 1.98. The number of thioether (sulfide) groups is 1. The van der Waals surface area contributed by atoms with Crippen LogP contribution in [0.1, 0.15) is 23.2 Å². The van der Waals surface area contributed by atoms with Crippen molar-refractivity contribution in [1.29, 1.82) is 0 Å². The Morgan fingerprint density at radius 2 is 2.28 bits per heavy atom. The van der Waals surface area contributed by atoms with Gasteiger partial charge in [-0.1, -0.05) is 11.8 Å². The molecule has 0 atom stereocenters. The Kier molecular flexibility index (Phi) is 6.24. The Hall–Kier alpha value is -2.13. The summed E-state index contributed by atoms with van der Waals surface area (Å²) in [4.78, 5) is 16.3. The van der Waals surface area contributed by atoms with Crippen LogP contribution in [-0.2, 0) is 11.8 Å². The van der Waals surface area contributed by atoms with Crippen LogP contribution in [0.4, 0.5) is 0 Å². The molecule has 3 rings (SSSR count). The summed E-state index contributed by atoms with van der Waals surface area (Å²) in [6.07, 6.45) is 5.06. The average molecular weight is 363 g/mol. The van der Waals surface area contributed by atoms with Gasteiger partial charge in [0.2, 0.25) is 5.88 Å². The van der Waals surface area contributed by atoms with Gasteiger partial charge in [-0.3, -0.25) is 4.79 Å². The maximum absolute atomic E-state index is 12.1. The van der Waals surface area contributed by atoms with Crippen LogP contribution in [0.15, 0.2) is 29.8 Å². The first kappa shape index (κ1) is 17.7. The number of amides is 1.